The SMILES string of the molecule is COc1ccc(/C(=C/C(=O)[O-])c2ccc(OC)c(OC)c2)cc1. The number of hydrogen-bond donors (Lipinski definition) is 0. The number of carboxylic acid groups (broad SMARTS) is 1. The van der Waals surface area contributed by atoms with Gasteiger partial charge in [0.25, 0.3) is 0 Å². The lowest BCUT2D eigenvalue weighted by atomic mass is 9.97. The zero-order valence-electron chi connectivity index (χ0n) is 13.2. The van der Waals surface area contributed by atoms with Crippen molar-refractivity contribution in [2.45, 2.75) is 0 Å². The van der Waals surface area contributed by atoms with Crippen LogP contribution in [0.4, 0.5) is 0 Å². The van der Waals surface area contributed by atoms with Crippen molar-refractivity contribution in [1.82, 2.24) is 0 Å². The lowest BCUT2D eigenvalue weighted by Crippen LogP contribution is -2.19. The average molecular weight is 313 g/mol. The summed E-state index contributed by atoms with van der Waals surface area (Å²) in [5, 5.41) is 11.1. The smallest absolute Gasteiger partial charge is 0.161 e. The van der Waals surface area contributed by atoms with Gasteiger partial charge in [-0.2, -0.15) is 0 Å². The fourth-order valence-corrected chi connectivity index (χ4v) is 2.23. The molecule has 2 aromatic rings. The number of methoxy groups -OCH3 is 3. The first-order valence-electron chi connectivity index (χ1n) is 6.88. The number of aliphatic carboxylic acids is 1. The largest absolute Gasteiger partial charge is 0.545 e. The van der Waals surface area contributed by atoms with Crippen LogP contribution >= 0.6 is 0 Å². The summed E-state index contributed by atoms with van der Waals surface area (Å²) in [6.07, 6.45) is 1.06. The van der Waals surface area contributed by atoms with E-state index in [2.05, 4.69) is 0 Å². The Hall–Kier alpha value is -2.95. The van der Waals surface area contributed by atoms with E-state index < -0.39 is 5.97 Å². The highest BCUT2D eigenvalue weighted by Gasteiger charge is 2.10. The van der Waals surface area contributed by atoms with Crippen molar-refractivity contribution in [3.8, 4) is 17.2 Å². The molecule has 0 unspecified atom stereocenters. The maximum Gasteiger partial charge on any atom is 0.161 e. The molecule has 0 spiro atoms. The molecule has 0 fully saturated rings. The Morgan fingerprint density at radius 2 is 1.48 bits per heavy atom. The molecule has 0 atom stereocenters. The van der Waals surface area contributed by atoms with Gasteiger partial charge in [0, 0.05) is 0 Å². The monoisotopic (exact) mass is 313 g/mol. The normalized spacial score (nSPS) is 11.0. The van der Waals surface area contributed by atoms with Crippen LogP contribution in [0.5, 0.6) is 17.2 Å². The Morgan fingerprint density at radius 3 is 2.00 bits per heavy atom. The second-order valence-electron chi connectivity index (χ2n) is 4.68. The fourth-order valence-electron chi connectivity index (χ4n) is 2.23. The van der Waals surface area contributed by atoms with Crippen LogP contribution in [0, 0.1) is 0 Å². The quantitative estimate of drug-likeness (QED) is 0.762. The van der Waals surface area contributed by atoms with Crippen LogP contribution in [0.15, 0.2) is 48.5 Å². The van der Waals surface area contributed by atoms with Gasteiger partial charge in [0.1, 0.15) is 5.75 Å². The van der Waals surface area contributed by atoms with E-state index in [-0.39, 0.29) is 0 Å². The summed E-state index contributed by atoms with van der Waals surface area (Å²) in [5.41, 5.74) is 1.91. The summed E-state index contributed by atoms with van der Waals surface area (Å²) in [6.45, 7) is 0. The van der Waals surface area contributed by atoms with Crippen molar-refractivity contribution in [2.24, 2.45) is 0 Å². The molecule has 0 heterocycles. The summed E-state index contributed by atoms with van der Waals surface area (Å²) in [5.74, 6) is 0.501. The first-order valence-corrected chi connectivity index (χ1v) is 6.88. The lowest BCUT2D eigenvalue weighted by Gasteiger charge is -2.13. The van der Waals surface area contributed by atoms with Gasteiger partial charge in [0.15, 0.2) is 11.5 Å². The first kappa shape index (κ1) is 16.4. The van der Waals surface area contributed by atoms with Crippen LogP contribution in [0.3, 0.4) is 0 Å². The van der Waals surface area contributed by atoms with Crippen molar-refractivity contribution in [3.05, 3.63) is 59.7 Å². The minimum Gasteiger partial charge on any atom is -0.545 e. The summed E-state index contributed by atoms with van der Waals surface area (Å²) in [6, 6.07) is 12.3. The van der Waals surface area contributed by atoms with Crippen molar-refractivity contribution in [2.75, 3.05) is 21.3 Å². The topological polar surface area (TPSA) is 67.8 Å². The Kier molecular flexibility index (Phi) is 5.25. The van der Waals surface area contributed by atoms with E-state index in [9.17, 15) is 9.90 Å². The number of benzene rings is 2. The molecule has 0 N–H and O–H groups in total. The molecule has 0 saturated carbocycles. The summed E-state index contributed by atoms with van der Waals surface area (Å²) in [4.78, 5) is 11.1. The first-order chi connectivity index (χ1) is 11.1. The van der Waals surface area contributed by atoms with Crippen LogP contribution in [-0.4, -0.2) is 27.3 Å². The summed E-state index contributed by atoms with van der Waals surface area (Å²) in [7, 11) is 4.64. The van der Waals surface area contributed by atoms with Gasteiger partial charge in [-0.05, 0) is 47.0 Å². The number of carboxylic acids is 1. The van der Waals surface area contributed by atoms with E-state index >= 15 is 0 Å². The maximum atomic E-state index is 11.1. The van der Waals surface area contributed by atoms with E-state index in [4.69, 9.17) is 14.2 Å². The third-order valence-corrected chi connectivity index (χ3v) is 3.36. The molecule has 23 heavy (non-hydrogen) atoms. The van der Waals surface area contributed by atoms with E-state index in [0.29, 0.717) is 28.4 Å². The maximum absolute atomic E-state index is 11.1. The van der Waals surface area contributed by atoms with Crippen molar-refractivity contribution in [3.63, 3.8) is 0 Å². The minimum absolute atomic E-state index is 0.508. The van der Waals surface area contributed by atoms with E-state index in [1.165, 1.54) is 7.11 Å². The third-order valence-electron chi connectivity index (χ3n) is 3.36. The van der Waals surface area contributed by atoms with E-state index in [0.717, 1.165) is 11.6 Å². The van der Waals surface area contributed by atoms with Gasteiger partial charge in [-0.3, -0.25) is 0 Å². The van der Waals surface area contributed by atoms with Gasteiger partial charge in [-0.15, -0.1) is 0 Å². The van der Waals surface area contributed by atoms with Crippen LogP contribution in [-0.2, 0) is 4.79 Å². The van der Waals surface area contributed by atoms with Crippen LogP contribution in [0.25, 0.3) is 5.57 Å². The van der Waals surface area contributed by atoms with Crippen molar-refractivity contribution < 1.29 is 24.1 Å². The molecule has 0 radical (unpaired) electrons. The molecule has 2 aromatic carbocycles. The minimum atomic E-state index is -1.27. The third kappa shape index (κ3) is 3.83. The molecule has 2 rings (SSSR count). The number of carbonyl (C=O) groups excluding carboxylic acids is 1. The van der Waals surface area contributed by atoms with Crippen molar-refractivity contribution >= 4 is 11.5 Å². The summed E-state index contributed by atoms with van der Waals surface area (Å²) < 4.78 is 15.6. The standard InChI is InChI=1S/C18H18O5/c1-21-14-7-4-12(5-8-14)15(11-18(19)20)13-6-9-16(22-2)17(10-13)23-3/h4-11H,1-3H3,(H,19,20)/p-1/b15-11-. The Labute approximate surface area is 134 Å². The molecule has 5 nitrogen and oxygen atoms in total. The molecular formula is C18H17O5-. The van der Waals surface area contributed by atoms with Crippen molar-refractivity contribution in [1.29, 1.82) is 0 Å². The number of rotatable bonds is 6. The molecule has 0 bridgehead atoms. The molecule has 0 saturated heterocycles. The molecule has 0 aliphatic heterocycles. The molecule has 5 heteroatoms. The van der Waals surface area contributed by atoms with Gasteiger partial charge in [-0.25, -0.2) is 0 Å². The van der Waals surface area contributed by atoms with Gasteiger partial charge in [0.05, 0.1) is 27.3 Å². The predicted octanol–water partition coefficient (Wildman–Crippen LogP) is 1.89. The highest BCUT2D eigenvalue weighted by atomic mass is 16.5. The van der Waals surface area contributed by atoms with E-state index in [1.54, 1.807) is 56.7 Å². The highest BCUT2D eigenvalue weighted by molar-refractivity contribution is 5.94. The van der Waals surface area contributed by atoms with Gasteiger partial charge < -0.3 is 24.1 Å². The molecule has 0 aromatic heterocycles. The lowest BCUT2D eigenvalue weighted by molar-refractivity contribution is -0.297. The molecular weight excluding hydrogens is 296 g/mol. The van der Waals surface area contributed by atoms with Gasteiger partial charge in [0.2, 0.25) is 0 Å². The molecule has 0 aliphatic carbocycles. The van der Waals surface area contributed by atoms with Crippen LogP contribution in [0.2, 0.25) is 0 Å². The predicted molar refractivity (Wildman–Crippen MR) is 84.6 cm³/mol. The fraction of sp³-hybridized carbons (Fsp3) is 0.167. The average Bonchev–Trinajstić information content (AvgIpc) is 2.59. The summed E-state index contributed by atoms with van der Waals surface area (Å²) >= 11 is 0. The second-order valence-corrected chi connectivity index (χ2v) is 4.68. The van der Waals surface area contributed by atoms with Crippen LogP contribution < -0.4 is 19.3 Å². The van der Waals surface area contributed by atoms with Gasteiger partial charge >= 0.3 is 0 Å². The Balaban J connectivity index is 2.53. The Morgan fingerprint density at radius 1 is 0.870 bits per heavy atom. The number of hydrogen-bond acceptors (Lipinski definition) is 5. The van der Waals surface area contributed by atoms with E-state index in [1.807, 2.05) is 0 Å². The number of ether oxygens (including phenoxy) is 3. The zero-order chi connectivity index (χ0) is 16.8. The highest BCUT2D eigenvalue weighted by Crippen LogP contribution is 2.33. The zero-order valence-corrected chi connectivity index (χ0v) is 13.2. The molecule has 0 aliphatic rings. The Bertz CT molecular complexity index is 717. The number of carbonyl (C=O) groups is 1. The molecule has 120 valence electrons. The van der Waals surface area contributed by atoms with Crippen LogP contribution in [0.1, 0.15) is 11.1 Å². The molecule has 0 amide bonds. The second kappa shape index (κ2) is 7.35. The van der Waals surface area contributed by atoms with Gasteiger partial charge in [-0.1, -0.05) is 18.2 Å².